The van der Waals surface area contributed by atoms with Crippen molar-refractivity contribution in [1.82, 2.24) is 0 Å². The van der Waals surface area contributed by atoms with Gasteiger partial charge in [0, 0.05) is 11.0 Å². The van der Waals surface area contributed by atoms with E-state index in [1.807, 2.05) is 13.8 Å². The molecule has 0 radical (unpaired) electrons. The molecule has 0 atom stereocenters. The van der Waals surface area contributed by atoms with Crippen molar-refractivity contribution in [3.05, 3.63) is 52.7 Å². The lowest BCUT2D eigenvalue weighted by Gasteiger charge is -2.19. The lowest BCUT2D eigenvalue weighted by atomic mass is 9.85. The fourth-order valence-electron chi connectivity index (χ4n) is 1.22. The van der Waals surface area contributed by atoms with Gasteiger partial charge in [0.2, 0.25) is 5.43 Å². The minimum atomic E-state index is -0.401. The summed E-state index contributed by atoms with van der Waals surface area (Å²) in [5.74, 6) is -0.195. The Bertz CT molecular complexity index is 405. The second-order valence-corrected chi connectivity index (χ2v) is 3.77. The molecular formula is C12H14O2. The van der Waals surface area contributed by atoms with Crippen LogP contribution in [0.5, 0.6) is 5.75 Å². The van der Waals surface area contributed by atoms with Gasteiger partial charge in [-0.3, -0.25) is 4.79 Å². The zero-order valence-electron chi connectivity index (χ0n) is 8.45. The number of allylic oxidation sites excluding steroid dienone is 1. The monoisotopic (exact) mass is 190 g/mol. The van der Waals surface area contributed by atoms with Crippen LogP contribution in [-0.2, 0) is 5.41 Å². The molecule has 74 valence electrons. The summed E-state index contributed by atoms with van der Waals surface area (Å²) in [7, 11) is 0. The number of rotatable bonds is 2. The fraction of sp³-hybridized carbons (Fsp3) is 0.250. The average Bonchev–Trinajstić information content (AvgIpc) is 2.30. The largest absolute Gasteiger partial charge is 0.504 e. The molecule has 2 nitrogen and oxygen atoms in total. The molecule has 0 bridgehead atoms. The molecule has 0 unspecified atom stereocenters. The first kappa shape index (κ1) is 10.5. The zero-order valence-corrected chi connectivity index (χ0v) is 8.45. The van der Waals surface area contributed by atoms with Crippen molar-refractivity contribution in [3.63, 3.8) is 0 Å². The van der Waals surface area contributed by atoms with E-state index >= 15 is 0 Å². The van der Waals surface area contributed by atoms with Crippen molar-refractivity contribution in [3.8, 4) is 5.75 Å². The summed E-state index contributed by atoms with van der Waals surface area (Å²) in [6.45, 7) is 7.48. The van der Waals surface area contributed by atoms with Gasteiger partial charge in [-0.05, 0) is 6.07 Å². The van der Waals surface area contributed by atoms with Crippen LogP contribution >= 0.6 is 0 Å². The van der Waals surface area contributed by atoms with Crippen LogP contribution in [0.4, 0.5) is 0 Å². The van der Waals surface area contributed by atoms with Crippen molar-refractivity contribution >= 4 is 0 Å². The summed E-state index contributed by atoms with van der Waals surface area (Å²) in [6, 6.07) is 6.43. The van der Waals surface area contributed by atoms with E-state index < -0.39 is 5.41 Å². The quantitative estimate of drug-likeness (QED) is 0.726. The highest BCUT2D eigenvalue weighted by Crippen LogP contribution is 2.28. The van der Waals surface area contributed by atoms with Gasteiger partial charge >= 0.3 is 0 Å². The molecule has 0 aliphatic rings. The second kappa shape index (κ2) is 3.66. The van der Waals surface area contributed by atoms with Crippen LogP contribution in [0.2, 0.25) is 0 Å². The summed E-state index contributed by atoms with van der Waals surface area (Å²) in [6.07, 6.45) is 1.71. The molecular weight excluding hydrogens is 176 g/mol. The van der Waals surface area contributed by atoms with Crippen LogP contribution in [0.15, 0.2) is 41.7 Å². The van der Waals surface area contributed by atoms with Gasteiger partial charge in [-0.25, -0.2) is 0 Å². The van der Waals surface area contributed by atoms with E-state index in [4.69, 9.17) is 0 Å². The van der Waals surface area contributed by atoms with Gasteiger partial charge in [-0.15, -0.1) is 6.58 Å². The molecule has 1 aromatic rings. The Morgan fingerprint density at radius 3 is 2.50 bits per heavy atom. The Morgan fingerprint density at radius 2 is 1.93 bits per heavy atom. The average molecular weight is 190 g/mol. The van der Waals surface area contributed by atoms with E-state index in [0.717, 1.165) is 0 Å². The van der Waals surface area contributed by atoms with Crippen molar-refractivity contribution < 1.29 is 5.11 Å². The van der Waals surface area contributed by atoms with Gasteiger partial charge in [-0.1, -0.05) is 38.1 Å². The number of hydrogen-bond donors (Lipinski definition) is 1. The maximum atomic E-state index is 11.3. The summed E-state index contributed by atoms with van der Waals surface area (Å²) >= 11 is 0. The van der Waals surface area contributed by atoms with E-state index in [1.165, 1.54) is 6.07 Å². The Hall–Kier alpha value is -1.57. The number of hydrogen-bond acceptors (Lipinski definition) is 2. The molecule has 14 heavy (non-hydrogen) atoms. The van der Waals surface area contributed by atoms with Crippen LogP contribution in [0.25, 0.3) is 0 Å². The normalized spacial score (nSPS) is 11.0. The lowest BCUT2D eigenvalue weighted by Crippen LogP contribution is -2.14. The molecule has 0 fully saturated rings. The Kier molecular flexibility index (Phi) is 2.75. The van der Waals surface area contributed by atoms with Crippen LogP contribution in [0.3, 0.4) is 0 Å². The van der Waals surface area contributed by atoms with Crippen molar-refractivity contribution in [2.24, 2.45) is 0 Å². The predicted octanol–water partition coefficient (Wildman–Crippen LogP) is 2.22. The molecule has 0 saturated carbocycles. The minimum absolute atomic E-state index is 0.195. The molecule has 2 heteroatoms. The van der Waals surface area contributed by atoms with Crippen LogP contribution < -0.4 is 5.43 Å². The van der Waals surface area contributed by atoms with Crippen LogP contribution in [-0.4, -0.2) is 5.11 Å². The SMILES string of the molecule is C=CC(C)(C)c1ccccc(=O)c1O. The molecule has 1 rings (SSSR count). The third-order valence-electron chi connectivity index (χ3n) is 2.31. The lowest BCUT2D eigenvalue weighted by molar-refractivity contribution is 0.452. The van der Waals surface area contributed by atoms with Gasteiger partial charge < -0.3 is 5.11 Å². The highest BCUT2D eigenvalue weighted by molar-refractivity contribution is 5.39. The van der Waals surface area contributed by atoms with Crippen molar-refractivity contribution in [2.75, 3.05) is 0 Å². The molecule has 1 aromatic carbocycles. The maximum absolute atomic E-state index is 11.3. The van der Waals surface area contributed by atoms with Gasteiger partial charge in [0.1, 0.15) is 0 Å². The van der Waals surface area contributed by atoms with E-state index in [1.54, 1.807) is 24.3 Å². The molecule has 0 aliphatic heterocycles. The minimum Gasteiger partial charge on any atom is -0.504 e. The van der Waals surface area contributed by atoms with Gasteiger partial charge in [0.05, 0.1) is 0 Å². The predicted molar refractivity (Wildman–Crippen MR) is 57.6 cm³/mol. The molecule has 0 aliphatic carbocycles. The zero-order chi connectivity index (χ0) is 10.8. The van der Waals surface area contributed by atoms with Gasteiger partial charge in [-0.2, -0.15) is 0 Å². The summed E-state index contributed by atoms with van der Waals surface area (Å²) in [5, 5.41) is 9.66. The third-order valence-corrected chi connectivity index (χ3v) is 2.31. The Labute approximate surface area is 83.5 Å². The first-order valence-corrected chi connectivity index (χ1v) is 4.45. The molecule has 0 saturated heterocycles. The summed E-state index contributed by atoms with van der Waals surface area (Å²) < 4.78 is 0. The maximum Gasteiger partial charge on any atom is 0.220 e. The first-order chi connectivity index (χ1) is 6.49. The first-order valence-electron chi connectivity index (χ1n) is 4.45. The van der Waals surface area contributed by atoms with Gasteiger partial charge in [0.15, 0.2) is 5.75 Å². The highest BCUT2D eigenvalue weighted by Gasteiger charge is 2.20. The highest BCUT2D eigenvalue weighted by atomic mass is 16.3. The third kappa shape index (κ3) is 1.84. The fourth-order valence-corrected chi connectivity index (χ4v) is 1.22. The van der Waals surface area contributed by atoms with Crippen LogP contribution in [0.1, 0.15) is 19.4 Å². The topological polar surface area (TPSA) is 37.3 Å². The molecule has 1 N–H and O–H groups in total. The van der Waals surface area contributed by atoms with E-state index in [-0.39, 0.29) is 11.2 Å². The van der Waals surface area contributed by atoms with Gasteiger partial charge in [0.25, 0.3) is 0 Å². The van der Waals surface area contributed by atoms with Crippen molar-refractivity contribution in [1.29, 1.82) is 0 Å². The Balaban J connectivity index is 3.52. The molecule has 0 heterocycles. The molecule has 0 aromatic heterocycles. The molecule has 0 amide bonds. The van der Waals surface area contributed by atoms with E-state index in [2.05, 4.69) is 6.58 Å². The number of aromatic hydroxyl groups is 1. The molecule has 0 spiro atoms. The second-order valence-electron chi connectivity index (χ2n) is 3.77. The van der Waals surface area contributed by atoms with Crippen molar-refractivity contribution in [2.45, 2.75) is 19.3 Å². The standard InChI is InChI=1S/C12H14O2/c1-4-12(2,3)9-7-5-6-8-10(13)11(9)14/h4-8H,1H2,2-3H3,(H,13,14). The van der Waals surface area contributed by atoms with Crippen LogP contribution in [0, 0.1) is 0 Å². The summed E-state index contributed by atoms with van der Waals surface area (Å²) in [4.78, 5) is 11.3. The smallest absolute Gasteiger partial charge is 0.220 e. The Morgan fingerprint density at radius 1 is 1.36 bits per heavy atom. The van der Waals surface area contributed by atoms with E-state index in [9.17, 15) is 9.90 Å². The van der Waals surface area contributed by atoms with E-state index in [0.29, 0.717) is 5.56 Å². The summed E-state index contributed by atoms with van der Waals surface area (Å²) in [5.41, 5.74) is -0.162.